The summed E-state index contributed by atoms with van der Waals surface area (Å²) in [7, 11) is 0. The summed E-state index contributed by atoms with van der Waals surface area (Å²) in [6.45, 7) is 0.185. The second kappa shape index (κ2) is 5.20. The number of hydrogen-bond acceptors (Lipinski definition) is 4. The van der Waals surface area contributed by atoms with Crippen LogP contribution in [0.15, 0.2) is 48.5 Å². The summed E-state index contributed by atoms with van der Waals surface area (Å²) in [5, 5.41) is 2.53. The number of esters is 1. The van der Waals surface area contributed by atoms with Crippen molar-refractivity contribution < 1.29 is 19.1 Å². The number of ketones is 1. The number of fused-ring (bicyclic) bond motifs is 1. The standard InChI is InChI=1S/C16H11NO4/c18-14(10-4-2-1-3-5-10)15(19)17-12-6-7-13-11(8-12)9-21-16(13)20/h1-8H,9H2,(H,17,19). The number of carbonyl (C=O) groups is 3. The highest BCUT2D eigenvalue weighted by Gasteiger charge is 2.22. The number of Topliss-reactive ketones (excluding diaryl/α,β-unsaturated/α-hetero) is 1. The molecule has 0 spiro atoms. The molecule has 0 bridgehead atoms. The lowest BCUT2D eigenvalue weighted by molar-refractivity contribution is -0.112. The SMILES string of the molecule is O=C(Nc1ccc2c(c1)COC2=O)C(=O)c1ccccc1. The second-order valence-corrected chi connectivity index (χ2v) is 4.60. The van der Waals surface area contributed by atoms with Gasteiger partial charge in [-0.15, -0.1) is 0 Å². The summed E-state index contributed by atoms with van der Waals surface area (Å²) in [6, 6.07) is 13.1. The molecule has 1 N–H and O–H groups in total. The molecule has 104 valence electrons. The van der Waals surface area contributed by atoms with Gasteiger partial charge < -0.3 is 10.1 Å². The first-order valence-electron chi connectivity index (χ1n) is 6.36. The van der Waals surface area contributed by atoms with Gasteiger partial charge in [-0.2, -0.15) is 0 Å². The molecular weight excluding hydrogens is 270 g/mol. The number of hydrogen-bond donors (Lipinski definition) is 1. The first-order chi connectivity index (χ1) is 10.1. The predicted octanol–water partition coefficient (Wildman–Crippen LogP) is 2.18. The fourth-order valence-electron chi connectivity index (χ4n) is 2.12. The fraction of sp³-hybridized carbons (Fsp3) is 0.0625. The van der Waals surface area contributed by atoms with Crippen LogP contribution in [0.3, 0.4) is 0 Å². The van der Waals surface area contributed by atoms with Crippen molar-refractivity contribution in [1.82, 2.24) is 0 Å². The van der Waals surface area contributed by atoms with Gasteiger partial charge in [-0.3, -0.25) is 9.59 Å². The van der Waals surface area contributed by atoms with Crippen LogP contribution < -0.4 is 5.32 Å². The molecule has 0 saturated carbocycles. The highest BCUT2D eigenvalue weighted by molar-refractivity contribution is 6.46. The molecule has 0 unspecified atom stereocenters. The zero-order valence-electron chi connectivity index (χ0n) is 11.0. The van der Waals surface area contributed by atoms with Gasteiger partial charge in [-0.05, 0) is 18.2 Å². The Morgan fingerprint density at radius 3 is 2.57 bits per heavy atom. The molecule has 0 aliphatic carbocycles. The van der Waals surface area contributed by atoms with Crippen molar-refractivity contribution >= 4 is 23.3 Å². The van der Waals surface area contributed by atoms with Crippen LogP contribution in [0.4, 0.5) is 5.69 Å². The van der Waals surface area contributed by atoms with Crippen LogP contribution in [0.2, 0.25) is 0 Å². The number of amides is 1. The third-order valence-corrected chi connectivity index (χ3v) is 3.18. The zero-order valence-corrected chi connectivity index (χ0v) is 11.0. The van der Waals surface area contributed by atoms with E-state index >= 15 is 0 Å². The number of nitrogens with one attached hydrogen (secondary N) is 1. The van der Waals surface area contributed by atoms with E-state index in [2.05, 4.69) is 5.32 Å². The Kier molecular flexibility index (Phi) is 3.23. The molecule has 0 atom stereocenters. The van der Waals surface area contributed by atoms with Gasteiger partial charge in [-0.1, -0.05) is 30.3 Å². The summed E-state index contributed by atoms with van der Waals surface area (Å²) in [5.74, 6) is -1.70. The highest BCUT2D eigenvalue weighted by atomic mass is 16.5. The Morgan fingerprint density at radius 2 is 1.81 bits per heavy atom. The van der Waals surface area contributed by atoms with Gasteiger partial charge in [0.05, 0.1) is 5.56 Å². The van der Waals surface area contributed by atoms with Gasteiger partial charge in [-0.25, -0.2) is 4.79 Å². The van der Waals surface area contributed by atoms with Gasteiger partial charge in [0.2, 0.25) is 0 Å². The lowest BCUT2D eigenvalue weighted by Gasteiger charge is -2.05. The lowest BCUT2D eigenvalue weighted by Crippen LogP contribution is -2.22. The van der Waals surface area contributed by atoms with E-state index in [1.165, 1.54) is 0 Å². The summed E-state index contributed by atoms with van der Waals surface area (Å²) < 4.78 is 4.88. The molecular formula is C16H11NO4. The monoisotopic (exact) mass is 281 g/mol. The maximum Gasteiger partial charge on any atom is 0.338 e. The maximum atomic E-state index is 11.9. The molecule has 2 aromatic carbocycles. The first kappa shape index (κ1) is 13.1. The van der Waals surface area contributed by atoms with E-state index in [0.717, 1.165) is 0 Å². The van der Waals surface area contributed by atoms with Crippen molar-refractivity contribution in [2.24, 2.45) is 0 Å². The molecule has 3 rings (SSSR count). The molecule has 1 heterocycles. The summed E-state index contributed by atoms with van der Waals surface area (Å²) in [6.07, 6.45) is 0. The first-order valence-corrected chi connectivity index (χ1v) is 6.36. The minimum atomic E-state index is -0.716. The highest BCUT2D eigenvalue weighted by Crippen LogP contribution is 2.23. The molecule has 0 fully saturated rings. The molecule has 21 heavy (non-hydrogen) atoms. The molecule has 0 radical (unpaired) electrons. The van der Waals surface area contributed by atoms with E-state index < -0.39 is 11.7 Å². The number of rotatable bonds is 3. The summed E-state index contributed by atoms with van der Waals surface area (Å²) >= 11 is 0. The summed E-state index contributed by atoms with van der Waals surface area (Å²) in [5.41, 5.74) is 1.98. The Labute approximate surface area is 120 Å². The Hall–Kier alpha value is -2.95. The predicted molar refractivity (Wildman–Crippen MR) is 75.0 cm³/mol. The zero-order chi connectivity index (χ0) is 14.8. The normalized spacial score (nSPS) is 12.5. The number of ether oxygens (including phenoxy) is 1. The van der Waals surface area contributed by atoms with Gasteiger partial charge in [0.15, 0.2) is 0 Å². The van der Waals surface area contributed by atoms with Crippen LogP contribution in [0.25, 0.3) is 0 Å². The van der Waals surface area contributed by atoms with Gasteiger partial charge in [0.1, 0.15) is 6.61 Å². The molecule has 5 heteroatoms. The average molecular weight is 281 g/mol. The molecule has 1 amide bonds. The third kappa shape index (κ3) is 2.53. The van der Waals surface area contributed by atoms with E-state index in [1.54, 1.807) is 48.5 Å². The maximum absolute atomic E-state index is 11.9. The van der Waals surface area contributed by atoms with Gasteiger partial charge in [0, 0.05) is 16.8 Å². The van der Waals surface area contributed by atoms with E-state index in [-0.39, 0.29) is 12.6 Å². The molecule has 1 aliphatic heterocycles. The van der Waals surface area contributed by atoms with Crippen molar-refractivity contribution in [2.45, 2.75) is 6.61 Å². The number of anilines is 1. The molecule has 0 aromatic heterocycles. The number of cyclic esters (lactones) is 1. The van der Waals surface area contributed by atoms with E-state index in [1.807, 2.05) is 0 Å². The van der Waals surface area contributed by atoms with Crippen LogP contribution in [0.1, 0.15) is 26.3 Å². The van der Waals surface area contributed by atoms with Crippen LogP contribution in [-0.4, -0.2) is 17.7 Å². The Bertz CT molecular complexity index is 737. The molecule has 0 saturated heterocycles. The van der Waals surface area contributed by atoms with Crippen molar-refractivity contribution in [3.05, 3.63) is 65.2 Å². The van der Waals surface area contributed by atoms with Crippen LogP contribution in [0, 0.1) is 0 Å². The average Bonchev–Trinajstić information content (AvgIpc) is 2.88. The Morgan fingerprint density at radius 1 is 1.05 bits per heavy atom. The third-order valence-electron chi connectivity index (χ3n) is 3.18. The summed E-state index contributed by atoms with van der Waals surface area (Å²) in [4.78, 5) is 35.2. The van der Waals surface area contributed by atoms with Crippen molar-refractivity contribution in [1.29, 1.82) is 0 Å². The van der Waals surface area contributed by atoms with Crippen LogP contribution in [0.5, 0.6) is 0 Å². The number of benzene rings is 2. The quantitative estimate of drug-likeness (QED) is 0.531. The van der Waals surface area contributed by atoms with E-state index in [4.69, 9.17) is 4.74 Å². The van der Waals surface area contributed by atoms with Gasteiger partial charge in [0.25, 0.3) is 11.7 Å². The largest absolute Gasteiger partial charge is 0.457 e. The minimum Gasteiger partial charge on any atom is -0.457 e. The van der Waals surface area contributed by atoms with E-state index in [0.29, 0.717) is 22.4 Å². The van der Waals surface area contributed by atoms with Crippen molar-refractivity contribution in [3.63, 3.8) is 0 Å². The van der Waals surface area contributed by atoms with Crippen molar-refractivity contribution in [2.75, 3.05) is 5.32 Å². The van der Waals surface area contributed by atoms with Gasteiger partial charge >= 0.3 is 5.97 Å². The minimum absolute atomic E-state index is 0.185. The topological polar surface area (TPSA) is 72.5 Å². The molecule has 5 nitrogen and oxygen atoms in total. The van der Waals surface area contributed by atoms with Crippen LogP contribution in [-0.2, 0) is 16.1 Å². The smallest absolute Gasteiger partial charge is 0.338 e. The fourth-order valence-corrected chi connectivity index (χ4v) is 2.12. The lowest BCUT2D eigenvalue weighted by atomic mass is 10.1. The molecule has 1 aliphatic rings. The second-order valence-electron chi connectivity index (χ2n) is 4.60. The Balaban J connectivity index is 1.77. The molecule has 2 aromatic rings. The van der Waals surface area contributed by atoms with Crippen LogP contribution >= 0.6 is 0 Å². The number of carbonyl (C=O) groups excluding carboxylic acids is 3. The van der Waals surface area contributed by atoms with Crippen molar-refractivity contribution in [3.8, 4) is 0 Å². The van der Waals surface area contributed by atoms with E-state index in [9.17, 15) is 14.4 Å².